The molecule has 1 unspecified atom stereocenters. The van der Waals surface area contributed by atoms with Crippen molar-refractivity contribution in [3.8, 4) is 11.1 Å². The van der Waals surface area contributed by atoms with Crippen molar-refractivity contribution in [2.45, 2.75) is 65.2 Å². The van der Waals surface area contributed by atoms with Crippen LogP contribution in [0, 0.1) is 40.7 Å². The second-order valence-electron chi connectivity index (χ2n) is 12.9. The minimum atomic E-state index is 0. The van der Waals surface area contributed by atoms with Crippen LogP contribution in [0.25, 0.3) is 11.1 Å². The molecule has 6 aliphatic carbocycles. The molecule has 6 aliphatic rings. The molecule has 4 fully saturated rings. The van der Waals surface area contributed by atoms with Crippen LogP contribution in [-0.2, 0) is 37.1 Å². The van der Waals surface area contributed by atoms with Gasteiger partial charge in [-0.05, 0) is 68.1 Å². The molecule has 0 amide bonds. The van der Waals surface area contributed by atoms with Gasteiger partial charge in [0.15, 0.2) is 0 Å². The first-order valence-electron chi connectivity index (χ1n) is 14.9. The van der Waals surface area contributed by atoms with E-state index in [-0.39, 0.29) is 24.8 Å². The average molecular weight is 659 g/mol. The first-order chi connectivity index (χ1) is 19.0. The molecule has 3 heteroatoms. The molecule has 41 heavy (non-hydrogen) atoms. The summed E-state index contributed by atoms with van der Waals surface area (Å²) < 4.78 is 2.25. The average Bonchev–Trinajstić information content (AvgIpc) is 3.50. The van der Waals surface area contributed by atoms with Crippen molar-refractivity contribution >= 4 is 3.71 Å². The van der Waals surface area contributed by atoms with E-state index in [1.54, 1.807) is 19.3 Å². The Kier molecular flexibility index (Phi) is 10.9. The van der Waals surface area contributed by atoms with Gasteiger partial charge in [0.2, 0.25) is 0 Å². The van der Waals surface area contributed by atoms with E-state index in [1.165, 1.54) is 76.9 Å². The maximum atomic E-state index is 3.47. The Hall–Kier alpha value is -1.53. The van der Waals surface area contributed by atoms with Crippen molar-refractivity contribution < 1.29 is 49.0 Å². The predicted octanol–water partition coefficient (Wildman–Crippen LogP) is 3.17. The maximum Gasteiger partial charge on any atom is -0.0253 e. The number of halogens is 2. The molecule has 3 aromatic carbocycles. The smallest absolute Gasteiger partial charge is 0.0253 e. The normalized spacial score (nSPS) is 28.9. The van der Waals surface area contributed by atoms with Crippen molar-refractivity contribution in [1.29, 1.82) is 0 Å². The molecular weight excluding hydrogens is 619 g/mol. The molecule has 0 heterocycles. The van der Waals surface area contributed by atoms with Gasteiger partial charge in [-0.1, -0.05) is 54.7 Å². The van der Waals surface area contributed by atoms with Gasteiger partial charge in [-0.2, -0.15) is 35.9 Å². The molecule has 4 bridgehead atoms. The Bertz CT molecular complexity index is 1310. The number of hydrogen-bond acceptors (Lipinski definition) is 0. The fourth-order valence-corrected chi connectivity index (χ4v) is 9.18. The Balaban J connectivity index is 0.000000145. The van der Waals surface area contributed by atoms with Crippen molar-refractivity contribution in [3.63, 3.8) is 0 Å². The summed E-state index contributed by atoms with van der Waals surface area (Å²) in [6.07, 6.45) is 19.7. The molecule has 4 saturated carbocycles. The minimum absolute atomic E-state index is 0. The van der Waals surface area contributed by atoms with Gasteiger partial charge >= 0.3 is 70.3 Å². The van der Waals surface area contributed by atoms with Gasteiger partial charge in [-0.3, -0.25) is 6.08 Å². The fraction of sp³-hybridized carbons (Fsp3) is 0.395. The maximum absolute atomic E-state index is 3.47. The zero-order valence-electron chi connectivity index (χ0n) is 24.3. The Morgan fingerprint density at radius 3 is 2.05 bits per heavy atom. The summed E-state index contributed by atoms with van der Waals surface area (Å²) in [7, 11) is 0. The van der Waals surface area contributed by atoms with Crippen LogP contribution in [0.3, 0.4) is 0 Å². The molecule has 0 aromatic heterocycles. The molecular formula is C38H40Cl2Zr-2. The van der Waals surface area contributed by atoms with Gasteiger partial charge in [0, 0.05) is 0 Å². The Labute approximate surface area is 275 Å². The SMILES string of the molecule is CC1=CC(C)(C23CC4CC(CC(C4)C2)C3)C=[C-]1.[Cl-].[Cl-].[Zr+2]=[CH]Cc1ccccc1.[c-]1cccc2c1Cc1ccccc1-2. The topological polar surface area (TPSA) is 0 Å². The van der Waals surface area contributed by atoms with Crippen molar-refractivity contribution in [1.82, 2.24) is 0 Å². The van der Waals surface area contributed by atoms with Gasteiger partial charge in [0.25, 0.3) is 0 Å². The second kappa shape index (κ2) is 13.8. The van der Waals surface area contributed by atoms with Gasteiger partial charge in [-0.25, -0.2) is 11.6 Å². The van der Waals surface area contributed by atoms with E-state index < -0.39 is 0 Å². The summed E-state index contributed by atoms with van der Waals surface area (Å²) in [4.78, 5) is 0. The summed E-state index contributed by atoms with van der Waals surface area (Å²) in [5.74, 6) is 3.17. The van der Waals surface area contributed by atoms with Gasteiger partial charge in [0.05, 0.1) is 0 Å². The molecule has 0 N–H and O–H groups in total. The van der Waals surface area contributed by atoms with E-state index in [0.717, 1.165) is 30.6 Å². The third-order valence-corrected chi connectivity index (χ3v) is 10.6. The molecule has 0 saturated heterocycles. The van der Waals surface area contributed by atoms with Gasteiger partial charge < -0.3 is 24.8 Å². The van der Waals surface area contributed by atoms with Gasteiger partial charge in [-0.15, -0.1) is 5.56 Å². The van der Waals surface area contributed by atoms with Crippen LogP contribution >= 0.6 is 0 Å². The van der Waals surface area contributed by atoms with Crippen LogP contribution in [0.2, 0.25) is 0 Å². The first kappa shape index (κ1) is 32.4. The molecule has 212 valence electrons. The number of hydrogen-bond donors (Lipinski definition) is 0. The van der Waals surface area contributed by atoms with E-state index in [4.69, 9.17) is 0 Å². The summed E-state index contributed by atoms with van der Waals surface area (Å²) in [6.45, 7) is 4.69. The second-order valence-corrected chi connectivity index (χ2v) is 13.9. The zero-order valence-corrected chi connectivity index (χ0v) is 28.3. The largest absolute Gasteiger partial charge is 0.179 e. The third kappa shape index (κ3) is 6.84. The molecule has 0 radical (unpaired) electrons. The molecule has 3 aromatic rings. The molecule has 0 nitrogen and oxygen atoms in total. The van der Waals surface area contributed by atoms with E-state index in [2.05, 4.69) is 103 Å². The van der Waals surface area contributed by atoms with E-state index in [1.807, 2.05) is 12.1 Å². The molecule has 9 rings (SSSR count). The summed E-state index contributed by atoms with van der Waals surface area (Å²) in [6, 6.07) is 28.6. The number of fused-ring (bicyclic) bond motifs is 3. The predicted molar refractivity (Wildman–Crippen MR) is 160 cm³/mol. The van der Waals surface area contributed by atoms with Crippen LogP contribution in [0.15, 0.2) is 90.5 Å². The van der Waals surface area contributed by atoms with Crippen LogP contribution in [0.4, 0.5) is 0 Å². The Morgan fingerprint density at radius 1 is 0.829 bits per heavy atom. The van der Waals surface area contributed by atoms with Crippen molar-refractivity contribution in [2.75, 3.05) is 0 Å². The molecule has 1 atom stereocenters. The quantitative estimate of drug-likeness (QED) is 0.297. The van der Waals surface area contributed by atoms with E-state index in [9.17, 15) is 0 Å². The number of allylic oxidation sites excluding steroid dienone is 4. The number of rotatable bonds is 3. The first-order valence-corrected chi connectivity index (χ1v) is 16.3. The van der Waals surface area contributed by atoms with E-state index >= 15 is 0 Å². The monoisotopic (exact) mass is 656 g/mol. The van der Waals surface area contributed by atoms with E-state index in [0.29, 0.717) is 10.8 Å². The van der Waals surface area contributed by atoms with Crippen molar-refractivity contribution in [3.05, 3.63) is 119 Å². The Morgan fingerprint density at radius 2 is 1.44 bits per heavy atom. The van der Waals surface area contributed by atoms with Gasteiger partial charge in [0.1, 0.15) is 0 Å². The molecule has 0 aliphatic heterocycles. The van der Waals surface area contributed by atoms with Crippen LogP contribution in [0.5, 0.6) is 0 Å². The number of benzene rings is 3. The van der Waals surface area contributed by atoms with Crippen molar-refractivity contribution in [2.24, 2.45) is 28.6 Å². The minimum Gasteiger partial charge on any atom is -0.179 e. The molecule has 0 spiro atoms. The fourth-order valence-electron chi connectivity index (χ4n) is 8.60. The van der Waals surface area contributed by atoms with Crippen LogP contribution in [-0.4, -0.2) is 3.71 Å². The third-order valence-electron chi connectivity index (χ3n) is 10.1. The van der Waals surface area contributed by atoms with Crippen LogP contribution in [0.1, 0.15) is 69.1 Å². The van der Waals surface area contributed by atoms with Crippen LogP contribution < -0.4 is 24.8 Å². The summed E-state index contributed by atoms with van der Waals surface area (Å²) >= 11 is 1.51. The standard InChI is InChI=1S/C17H23.C13H9.C8H8.2ClH.Zr/c1-12-3-4-16(2,8-12)17-9-13-5-14(10-17)7-15(6-13)11-17;1-3-7-12-10(5-1)9-11-6-2-4-8-13(11)12;1-2-8-6-4-3-5-7-8;;;/h4,8,13-15H,5-7,9-11H2,1-2H3;1-5,7-8H,9H2;1,3-7H,2H2;2*1H;/q2*-1;;;;+2/p-2. The summed E-state index contributed by atoms with van der Waals surface area (Å²) in [5.41, 5.74) is 9.22. The summed E-state index contributed by atoms with van der Waals surface area (Å²) in [5, 5.41) is 0. The zero-order chi connectivity index (χ0) is 26.9.